The molecule has 2 N–H and O–H groups in total. The Labute approximate surface area is 164 Å². The summed E-state index contributed by atoms with van der Waals surface area (Å²) in [4.78, 5) is 26.7. The zero-order valence-electron chi connectivity index (χ0n) is 15.7. The number of hydrogen-bond acceptors (Lipinski definition) is 6. The molecule has 0 aliphatic carbocycles. The first-order chi connectivity index (χ1) is 12.5. The molecule has 2 amide bonds. The first-order valence-corrected chi connectivity index (χ1v) is 8.02. The van der Waals surface area contributed by atoms with Gasteiger partial charge in [-0.05, 0) is 25.2 Å². The number of carbonyl (C=O) groups is 2. The summed E-state index contributed by atoms with van der Waals surface area (Å²) in [6, 6.07) is 6.26. The van der Waals surface area contributed by atoms with Gasteiger partial charge in [-0.2, -0.15) is 0 Å². The fourth-order valence-electron chi connectivity index (χ4n) is 2.34. The fraction of sp³-hybridized carbons (Fsp3) is 0.333. The zero-order chi connectivity index (χ0) is 19.1. The maximum Gasteiger partial charge on any atom is 0.291 e. The van der Waals surface area contributed by atoms with E-state index >= 15 is 0 Å². The number of amides is 2. The van der Waals surface area contributed by atoms with Crippen molar-refractivity contribution in [2.45, 2.75) is 0 Å². The first-order valence-electron chi connectivity index (χ1n) is 8.02. The number of methoxy groups -OCH3 is 2. The van der Waals surface area contributed by atoms with Gasteiger partial charge in [0.15, 0.2) is 17.3 Å². The van der Waals surface area contributed by atoms with E-state index in [9.17, 15) is 9.59 Å². The Morgan fingerprint density at radius 2 is 1.85 bits per heavy atom. The second-order valence-electron chi connectivity index (χ2n) is 5.51. The van der Waals surface area contributed by atoms with Gasteiger partial charge in [-0.3, -0.25) is 9.59 Å². The van der Waals surface area contributed by atoms with Gasteiger partial charge in [0, 0.05) is 26.2 Å². The largest absolute Gasteiger partial charge is 0.493 e. The van der Waals surface area contributed by atoms with Gasteiger partial charge < -0.3 is 29.4 Å². The number of anilines is 1. The monoisotopic (exact) mass is 397 g/mol. The van der Waals surface area contributed by atoms with Crippen LogP contribution in [0.15, 0.2) is 34.9 Å². The van der Waals surface area contributed by atoms with Crippen LogP contribution in [-0.4, -0.2) is 58.1 Å². The molecule has 0 radical (unpaired) electrons. The van der Waals surface area contributed by atoms with Gasteiger partial charge in [0.25, 0.3) is 11.8 Å². The van der Waals surface area contributed by atoms with Crippen LogP contribution in [0.25, 0.3) is 0 Å². The van der Waals surface area contributed by atoms with E-state index in [1.165, 1.54) is 26.5 Å². The summed E-state index contributed by atoms with van der Waals surface area (Å²) >= 11 is 0. The molecule has 0 aliphatic heterocycles. The van der Waals surface area contributed by atoms with Gasteiger partial charge in [0.1, 0.15) is 0 Å². The molecule has 0 fully saturated rings. The lowest BCUT2D eigenvalue weighted by molar-refractivity contribution is 0.0797. The van der Waals surface area contributed by atoms with Crippen LogP contribution in [0.1, 0.15) is 20.9 Å². The van der Waals surface area contributed by atoms with Crippen molar-refractivity contribution in [2.24, 2.45) is 0 Å². The number of carbonyl (C=O) groups excluding carboxylic acids is 2. The zero-order valence-corrected chi connectivity index (χ0v) is 16.5. The fourth-order valence-corrected chi connectivity index (χ4v) is 2.34. The van der Waals surface area contributed by atoms with Crippen LogP contribution in [0, 0.1) is 0 Å². The molecule has 0 saturated heterocycles. The highest BCUT2D eigenvalue weighted by Gasteiger charge is 2.22. The van der Waals surface area contributed by atoms with Crippen molar-refractivity contribution >= 4 is 29.9 Å². The Balaban J connectivity index is 0.00000364. The van der Waals surface area contributed by atoms with Crippen LogP contribution >= 0.6 is 12.4 Å². The molecule has 27 heavy (non-hydrogen) atoms. The molecule has 1 aromatic heterocycles. The van der Waals surface area contributed by atoms with Crippen molar-refractivity contribution in [3.05, 3.63) is 41.9 Å². The second-order valence-corrected chi connectivity index (χ2v) is 5.51. The lowest BCUT2D eigenvalue weighted by atomic mass is 10.1. The third-order valence-corrected chi connectivity index (χ3v) is 3.79. The molecule has 0 aliphatic rings. The maximum absolute atomic E-state index is 12.8. The number of hydrogen-bond donors (Lipinski definition) is 2. The summed E-state index contributed by atoms with van der Waals surface area (Å²) in [5.74, 6) is 0.220. The summed E-state index contributed by atoms with van der Waals surface area (Å²) in [6.45, 7) is 1.15. The number of benzene rings is 1. The SMILES string of the molecule is CNCCN(C)C(=O)c1cc(OC)c(OC)cc1NC(=O)c1ccco1.Cl. The topological polar surface area (TPSA) is 93.0 Å². The molecular formula is C18H24ClN3O5. The van der Waals surface area contributed by atoms with Crippen molar-refractivity contribution in [1.29, 1.82) is 0 Å². The first kappa shape index (κ1) is 22.3. The average molecular weight is 398 g/mol. The molecule has 1 aromatic carbocycles. The van der Waals surface area contributed by atoms with Gasteiger partial charge >= 0.3 is 0 Å². The third kappa shape index (κ3) is 5.38. The van der Waals surface area contributed by atoms with E-state index in [0.29, 0.717) is 35.8 Å². The highest BCUT2D eigenvalue weighted by atomic mass is 35.5. The lowest BCUT2D eigenvalue weighted by Gasteiger charge is -2.20. The van der Waals surface area contributed by atoms with E-state index < -0.39 is 5.91 Å². The van der Waals surface area contributed by atoms with Crippen molar-refractivity contribution in [2.75, 3.05) is 46.7 Å². The summed E-state index contributed by atoms with van der Waals surface area (Å²) in [5, 5.41) is 5.69. The van der Waals surface area contributed by atoms with E-state index in [4.69, 9.17) is 13.9 Å². The summed E-state index contributed by atoms with van der Waals surface area (Å²) in [5.41, 5.74) is 0.603. The molecule has 0 atom stereocenters. The predicted molar refractivity (Wildman–Crippen MR) is 104 cm³/mol. The second kappa shape index (κ2) is 10.4. The van der Waals surface area contributed by atoms with E-state index in [1.54, 1.807) is 30.1 Å². The Kier molecular flexibility index (Phi) is 8.64. The van der Waals surface area contributed by atoms with Crippen LogP contribution < -0.4 is 20.1 Å². The number of ether oxygens (including phenoxy) is 2. The summed E-state index contributed by atoms with van der Waals surface area (Å²) in [7, 11) is 6.46. The highest BCUT2D eigenvalue weighted by Crippen LogP contribution is 2.34. The van der Waals surface area contributed by atoms with Crippen molar-refractivity contribution in [3.8, 4) is 11.5 Å². The van der Waals surface area contributed by atoms with Gasteiger partial charge in [-0.15, -0.1) is 12.4 Å². The number of nitrogens with zero attached hydrogens (tertiary/aromatic N) is 1. The molecule has 1 heterocycles. The minimum absolute atomic E-state index is 0. The van der Waals surface area contributed by atoms with Gasteiger partial charge in [0.05, 0.1) is 31.7 Å². The smallest absolute Gasteiger partial charge is 0.291 e. The lowest BCUT2D eigenvalue weighted by Crippen LogP contribution is -2.33. The Morgan fingerprint density at radius 1 is 1.19 bits per heavy atom. The van der Waals surface area contributed by atoms with E-state index in [-0.39, 0.29) is 24.1 Å². The standard InChI is InChI=1S/C18H23N3O5.ClH/c1-19-7-8-21(2)18(23)12-10-15(24-3)16(25-4)11-13(12)20-17(22)14-6-5-9-26-14;/h5-6,9-11,19H,7-8H2,1-4H3,(H,20,22);1H. The molecule has 8 nitrogen and oxygen atoms in total. The number of likely N-dealkylation sites (N-methyl/N-ethyl adjacent to an activating group) is 2. The molecule has 0 saturated carbocycles. The van der Waals surface area contributed by atoms with Crippen LogP contribution in [0.2, 0.25) is 0 Å². The molecule has 0 spiro atoms. The minimum atomic E-state index is -0.464. The summed E-state index contributed by atoms with van der Waals surface area (Å²) < 4.78 is 15.7. The van der Waals surface area contributed by atoms with Crippen LogP contribution in [-0.2, 0) is 0 Å². The van der Waals surface area contributed by atoms with E-state index in [2.05, 4.69) is 10.6 Å². The number of furan rings is 1. The van der Waals surface area contributed by atoms with Crippen molar-refractivity contribution < 1.29 is 23.5 Å². The molecule has 0 unspecified atom stereocenters. The van der Waals surface area contributed by atoms with Gasteiger partial charge in [0.2, 0.25) is 0 Å². The highest BCUT2D eigenvalue weighted by molar-refractivity contribution is 6.08. The molecule has 2 rings (SSSR count). The molecule has 2 aromatic rings. The van der Waals surface area contributed by atoms with E-state index in [1.807, 2.05) is 7.05 Å². The van der Waals surface area contributed by atoms with Gasteiger partial charge in [-0.25, -0.2) is 0 Å². The van der Waals surface area contributed by atoms with E-state index in [0.717, 1.165) is 0 Å². The van der Waals surface area contributed by atoms with Gasteiger partial charge in [-0.1, -0.05) is 0 Å². The molecular weight excluding hydrogens is 374 g/mol. The Morgan fingerprint density at radius 3 is 2.41 bits per heavy atom. The normalized spacial score (nSPS) is 9.93. The Bertz CT molecular complexity index is 765. The number of nitrogens with one attached hydrogen (secondary N) is 2. The van der Waals surface area contributed by atoms with Crippen molar-refractivity contribution in [3.63, 3.8) is 0 Å². The minimum Gasteiger partial charge on any atom is -0.493 e. The van der Waals surface area contributed by atoms with Crippen LogP contribution in [0.4, 0.5) is 5.69 Å². The summed E-state index contributed by atoms with van der Waals surface area (Å²) in [6.07, 6.45) is 1.40. The Hall–Kier alpha value is -2.71. The predicted octanol–water partition coefficient (Wildman–Crippen LogP) is 2.26. The third-order valence-electron chi connectivity index (χ3n) is 3.79. The average Bonchev–Trinajstić information content (AvgIpc) is 3.19. The van der Waals surface area contributed by atoms with Crippen molar-refractivity contribution in [1.82, 2.24) is 10.2 Å². The van der Waals surface area contributed by atoms with Crippen LogP contribution in [0.5, 0.6) is 11.5 Å². The maximum atomic E-state index is 12.8. The number of rotatable bonds is 8. The molecule has 148 valence electrons. The quantitative estimate of drug-likeness (QED) is 0.709. The number of halogens is 1. The molecule has 9 heteroatoms. The molecule has 0 bridgehead atoms. The van der Waals surface area contributed by atoms with Crippen LogP contribution in [0.3, 0.4) is 0 Å².